The van der Waals surface area contributed by atoms with Crippen molar-refractivity contribution in [2.24, 2.45) is 5.92 Å². The Bertz CT molecular complexity index is 895. The average Bonchev–Trinajstić information content (AvgIpc) is 3.17. The van der Waals surface area contributed by atoms with Gasteiger partial charge >= 0.3 is 5.97 Å². The van der Waals surface area contributed by atoms with Gasteiger partial charge in [0.1, 0.15) is 0 Å². The Morgan fingerprint density at radius 1 is 1.26 bits per heavy atom. The third-order valence-electron chi connectivity index (χ3n) is 5.26. The van der Waals surface area contributed by atoms with E-state index in [9.17, 15) is 9.59 Å². The van der Waals surface area contributed by atoms with Gasteiger partial charge in [-0.3, -0.25) is 14.6 Å². The van der Waals surface area contributed by atoms with Crippen molar-refractivity contribution >= 4 is 17.6 Å². The van der Waals surface area contributed by atoms with Crippen LogP contribution in [0.5, 0.6) is 0 Å². The van der Waals surface area contributed by atoms with Crippen molar-refractivity contribution in [1.82, 2.24) is 10.3 Å². The third kappa shape index (κ3) is 3.43. The number of carboxylic acids is 1. The fourth-order valence-corrected chi connectivity index (χ4v) is 3.97. The maximum Gasteiger partial charge on any atom is 0.305 e. The lowest BCUT2D eigenvalue weighted by Crippen LogP contribution is -2.30. The highest BCUT2D eigenvalue weighted by Crippen LogP contribution is 2.49. The summed E-state index contributed by atoms with van der Waals surface area (Å²) in [6.07, 6.45) is 7.10. The Labute approximate surface area is 157 Å². The lowest BCUT2D eigenvalue weighted by Gasteiger charge is -2.37. The molecule has 2 aromatic rings. The van der Waals surface area contributed by atoms with E-state index in [0.717, 1.165) is 23.4 Å². The summed E-state index contributed by atoms with van der Waals surface area (Å²) in [5.41, 5.74) is 3.70. The monoisotopic (exact) mass is 363 g/mol. The van der Waals surface area contributed by atoms with E-state index in [0.29, 0.717) is 11.5 Å². The minimum Gasteiger partial charge on any atom is -0.481 e. The fraction of sp³-hybridized carbons (Fsp3) is 0.286. The van der Waals surface area contributed by atoms with Crippen LogP contribution in [0.1, 0.15) is 46.4 Å². The van der Waals surface area contributed by atoms with Crippen molar-refractivity contribution in [1.29, 1.82) is 0 Å². The molecule has 4 rings (SSSR count). The van der Waals surface area contributed by atoms with E-state index < -0.39 is 5.97 Å². The van der Waals surface area contributed by atoms with E-state index in [2.05, 4.69) is 27.8 Å². The van der Waals surface area contributed by atoms with Crippen molar-refractivity contribution in [2.75, 3.05) is 11.9 Å². The Balaban J connectivity index is 1.59. The van der Waals surface area contributed by atoms with Crippen molar-refractivity contribution < 1.29 is 14.7 Å². The number of nitrogens with zero attached hydrogens (tertiary/aromatic N) is 1. The first-order valence-electron chi connectivity index (χ1n) is 9.11. The molecule has 1 amide bonds. The lowest BCUT2D eigenvalue weighted by atomic mass is 9.77. The molecular weight excluding hydrogens is 342 g/mol. The highest BCUT2D eigenvalue weighted by molar-refractivity contribution is 5.95. The number of fused-ring (bicyclic) bond motifs is 3. The fourth-order valence-electron chi connectivity index (χ4n) is 3.97. The summed E-state index contributed by atoms with van der Waals surface area (Å²) in [4.78, 5) is 27.5. The van der Waals surface area contributed by atoms with E-state index >= 15 is 0 Å². The van der Waals surface area contributed by atoms with Gasteiger partial charge < -0.3 is 15.7 Å². The first-order chi connectivity index (χ1) is 13.1. The zero-order valence-electron chi connectivity index (χ0n) is 14.8. The molecular formula is C21H21N3O3. The molecule has 0 spiro atoms. The molecule has 6 heteroatoms. The quantitative estimate of drug-likeness (QED) is 0.710. The average molecular weight is 363 g/mol. The zero-order chi connectivity index (χ0) is 18.8. The van der Waals surface area contributed by atoms with Crippen LogP contribution in [0.4, 0.5) is 5.69 Å². The van der Waals surface area contributed by atoms with Crippen LogP contribution in [0.2, 0.25) is 0 Å². The Hall–Kier alpha value is -3.15. The number of nitrogens with one attached hydrogen (secondary N) is 2. The van der Waals surface area contributed by atoms with Crippen molar-refractivity contribution in [3.05, 3.63) is 71.6 Å². The number of carboxylic acid groups (broad SMARTS) is 1. The second-order valence-electron chi connectivity index (χ2n) is 6.93. The van der Waals surface area contributed by atoms with Gasteiger partial charge in [-0.2, -0.15) is 0 Å². The third-order valence-corrected chi connectivity index (χ3v) is 5.26. The Morgan fingerprint density at radius 3 is 2.93 bits per heavy atom. The van der Waals surface area contributed by atoms with Gasteiger partial charge in [0, 0.05) is 29.9 Å². The van der Waals surface area contributed by atoms with E-state index in [4.69, 9.17) is 5.11 Å². The molecule has 0 saturated heterocycles. The van der Waals surface area contributed by atoms with Crippen LogP contribution in [0.3, 0.4) is 0 Å². The summed E-state index contributed by atoms with van der Waals surface area (Å²) < 4.78 is 0. The summed E-state index contributed by atoms with van der Waals surface area (Å²) in [6, 6.07) is 11.7. The van der Waals surface area contributed by atoms with E-state index in [1.807, 2.05) is 36.5 Å². The zero-order valence-corrected chi connectivity index (χ0v) is 14.8. The van der Waals surface area contributed by atoms with Gasteiger partial charge in [0.15, 0.2) is 0 Å². The Morgan fingerprint density at radius 2 is 2.15 bits per heavy atom. The molecule has 2 heterocycles. The molecule has 0 fully saturated rings. The number of anilines is 1. The number of amides is 1. The van der Waals surface area contributed by atoms with Crippen LogP contribution in [0.25, 0.3) is 0 Å². The number of carbonyl (C=O) groups is 2. The minimum atomic E-state index is -0.926. The summed E-state index contributed by atoms with van der Waals surface area (Å²) >= 11 is 0. The number of rotatable bonds is 5. The van der Waals surface area contributed by atoms with Crippen LogP contribution in [-0.4, -0.2) is 28.5 Å². The van der Waals surface area contributed by atoms with Gasteiger partial charge in [-0.15, -0.1) is 0 Å². The lowest BCUT2D eigenvalue weighted by molar-refractivity contribution is -0.136. The number of carbonyl (C=O) groups excluding carboxylic acids is 1. The largest absolute Gasteiger partial charge is 0.481 e. The molecule has 3 N–H and O–H groups in total. The molecule has 1 aromatic heterocycles. The molecule has 1 aromatic carbocycles. The maximum absolute atomic E-state index is 12.3. The van der Waals surface area contributed by atoms with Gasteiger partial charge in [-0.1, -0.05) is 18.2 Å². The molecule has 1 aliphatic carbocycles. The maximum atomic E-state index is 12.3. The number of benzene rings is 1. The second-order valence-corrected chi connectivity index (χ2v) is 6.93. The van der Waals surface area contributed by atoms with Crippen LogP contribution in [-0.2, 0) is 4.79 Å². The van der Waals surface area contributed by atoms with Crippen LogP contribution in [0.15, 0.2) is 54.7 Å². The van der Waals surface area contributed by atoms with E-state index in [1.165, 1.54) is 0 Å². The molecule has 3 atom stereocenters. The predicted octanol–water partition coefficient (Wildman–Crippen LogP) is 3.11. The summed E-state index contributed by atoms with van der Waals surface area (Å²) in [7, 11) is 0. The molecule has 0 bridgehead atoms. The number of hydrogen-bond acceptors (Lipinski definition) is 4. The number of allylic oxidation sites excluding steroid dienone is 2. The summed E-state index contributed by atoms with van der Waals surface area (Å²) in [5.74, 6) is -0.577. The SMILES string of the molecule is O=C(O)CCNC(=O)c1ccc2c(c1)[C@@H]1C=CC[C@H]1[C@@H](c1ccccn1)N2. The number of hydrogen-bond donors (Lipinski definition) is 3. The molecule has 2 aliphatic rings. The van der Waals surface area contributed by atoms with E-state index in [-0.39, 0.29) is 30.8 Å². The summed E-state index contributed by atoms with van der Waals surface area (Å²) in [6.45, 7) is 0.122. The van der Waals surface area contributed by atoms with E-state index in [1.54, 1.807) is 6.07 Å². The van der Waals surface area contributed by atoms with Crippen LogP contribution in [0, 0.1) is 5.92 Å². The van der Waals surface area contributed by atoms with Gasteiger partial charge in [0.25, 0.3) is 5.91 Å². The Kier molecular flexibility index (Phi) is 4.62. The van der Waals surface area contributed by atoms with Crippen molar-refractivity contribution in [3.8, 4) is 0 Å². The van der Waals surface area contributed by atoms with Crippen LogP contribution >= 0.6 is 0 Å². The first kappa shape index (κ1) is 17.3. The minimum absolute atomic E-state index is 0.0859. The summed E-state index contributed by atoms with van der Waals surface area (Å²) in [5, 5.41) is 15.0. The number of aliphatic carboxylic acids is 1. The molecule has 27 heavy (non-hydrogen) atoms. The van der Waals surface area contributed by atoms with Gasteiger partial charge in [-0.05, 0) is 48.2 Å². The highest BCUT2D eigenvalue weighted by Gasteiger charge is 2.38. The molecule has 138 valence electrons. The smallest absolute Gasteiger partial charge is 0.305 e. The van der Waals surface area contributed by atoms with Crippen molar-refractivity contribution in [2.45, 2.75) is 24.8 Å². The molecule has 0 unspecified atom stereocenters. The topological polar surface area (TPSA) is 91.3 Å². The first-order valence-corrected chi connectivity index (χ1v) is 9.11. The molecule has 1 aliphatic heterocycles. The highest BCUT2D eigenvalue weighted by atomic mass is 16.4. The second kappa shape index (κ2) is 7.23. The predicted molar refractivity (Wildman–Crippen MR) is 102 cm³/mol. The van der Waals surface area contributed by atoms with Gasteiger partial charge in [-0.25, -0.2) is 0 Å². The van der Waals surface area contributed by atoms with Gasteiger partial charge in [0.05, 0.1) is 18.2 Å². The molecule has 6 nitrogen and oxygen atoms in total. The standard InChI is InChI=1S/C21H21N3O3/c25-19(26)9-11-23-21(27)13-7-8-17-16(12-13)14-4-3-5-15(14)20(24-17)18-6-1-2-10-22-18/h1-4,6-8,10,12,14-15,20,24H,5,9,11H2,(H,23,27)(H,25,26)/t14-,15-,20+/m1/s1. The van der Waals surface area contributed by atoms with Crippen LogP contribution < -0.4 is 10.6 Å². The number of aromatic nitrogens is 1. The molecule has 0 saturated carbocycles. The van der Waals surface area contributed by atoms with Crippen molar-refractivity contribution in [3.63, 3.8) is 0 Å². The number of pyridine rings is 1. The normalized spacial score (nSPS) is 22.4. The molecule has 0 radical (unpaired) electrons. The van der Waals surface area contributed by atoms with Gasteiger partial charge in [0.2, 0.25) is 0 Å².